The molecule has 0 saturated heterocycles. The molecule has 0 aliphatic heterocycles. The molecule has 5 heteroatoms. The van der Waals surface area contributed by atoms with Crippen molar-refractivity contribution in [1.29, 1.82) is 0 Å². The van der Waals surface area contributed by atoms with E-state index in [4.69, 9.17) is 0 Å². The second-order valence-corrected chi connectivity index (χ2v) is 6.62. The van der Waals surface area contributed by atoms with Gasteiger partial charge in [0.1, 0.15) is 0 Å². The first kappa shape index (κ1) is 15.9. The fourth-order valence-corrected chi connectivity index (χ4v) is 2.79. The molecule has 98 valence electrons. The molecule has 0 aromatic rings. The van der Waals surface area contributed by atoms with Crippen LogP contribution >= 0.6 is 0 Å². The Balaban J connectivity index is 4.01. The Morgan fingerprint density at radius 2 is 1.94 bits per heavy atom. The van der Waals surface area contributed by atoms with Crippen molar-refractivity contribution in [1.82, 2.24) is 9.62 Å². The maximum Gasteiger partial charge on any atom is 0.213 e. The van der Waals surface area contributed by atoms with E-state index in [1.807, 2.05) is 7.05 Å². The Hall–Kier alpha value is -0.130. The second-order valence-electron chi connectivity index (χ2n) is 4.42. The molecule has 0 aromatic heterocycles. The molecular weight excluding hydrogens is 224 g/mol. The maximum absolute atomic E-state index is 11.9. The Morgan fingerprint density at radius 3 is 2.44 bits per heavy atom. The minimum Gasteiger partial charge on any atom is -0.320 e. The summed E-state index contributed by atoms with van der Waals surface area (Å²) in [4.78, 5) is 0. The molecule has 0 aliphatic carbocycles. The summed E-state index contributed by atoms with van der Waals surface area (Å²) in [6.07, 6.45) is 2.65. The highest BCUT2D eigenvalue weighted by molar-refractivity contribution is 7.89. The van der Waals surface area contributed by atoms with E-state index in [2.05, 4.69) is 19.2 Å². The molecule has 1 atom stereocenters. The molecule has 0 bridgehead atoms. The summed E-state index contributed by atoms with van der Waals surface area (Å²) in [5, 5.41) is 3.02. The number of hydrogen-bond acceptors (Lipinski definition) is 3. The predicted octanol–water partition coefficient (Wildman–Crippen LogP) is 1.29. The zero-order chi connectivity index (χ0) is 12.6. The number of hydrogen-bond donors (Lipinski definition) is 1. The van der Waals surface area contributed by atoms with Gasteiger partial charge >= 0.3 is 0 Å². The van der Waals surface area contributed by atoms with Crippen LogP contribution in [0.1, 0.15) is 33.1 Å². The van der Waals surface area contributed by atoms with Crippen LogP contribution in [0, 0.1) is 5.92 Å². The molecule has 0 fully saturated rings. The van der Waals surface area contributed by atoms with Crippen molar-refractivity contribution in [3.63, 3.8) is 0 Å². The van der Waals surface area contributed by atoms with Crippen molar-refractivity contribution in [2.45, 2.75) is 33.1 Å². The first-order valence-corrected chi connectivity index (χ1v) is 7.63. The Kier molecular flexibility index (Phi) is 7.97. The van der Waals surface area contributed by atoms with Crippen LogP contribution < -0.4 is 5.32 Å². The summed E-state index contributed by atoms with van der Waals surface area (Å²) in [6.45, 7) is 5.67. The van der Waals surface area contributed by atoms with Gasteiger partial charge in [-0.2, -0.15) is 0 Å². The summed E-state index contributed by atoms with van der Waals surface area (Å²) in [5.41, 5.74) is 0. The molecule has 4 nitrogen and oxygen atoms in total. The summed E-state index contributed by atoms with van der Waals surface area (Å²) in [7, 11) is 0.518. The van der Waals surface area contributed by atoms with Gasteiger partial charge in [-0.05, 0) is 32.4 Å². The van der Waals surface area contributed by atoms with Crippen molar-refractivity contribution in [3.05, 3.63) is 0 Å². The summed E-state index contributed by atoms with van der Waals surface area (Å²) in [6, 6.07) is 0. The molecule has 1 unspecified atom stereocenters. The first-order valence-electron chi connectivity index (χ1n) is 6.02. The van der Waals surface area contributed by atoms with Crippen LogP contribution in [0.15, 0.2) is 0 Å². The monoisotopic (exact) mass is 250 g/mol. The molecule has 0 heterocycles. The van der Waals surface area contributed by atoms with Crippen molar-refractivity contribution >= 4 is 10.0 Å². The lowest BCUT2D eigenvalue weighted by Gasteiger charge is -2.20. The maximum atomic E-state index is 11.9. The minimum atomic E-state index is -3.04. The van der Waals surface area contributed by atoms with Crippen molar-refractivity contribution in [3.8, 4) is 0 Å². The highest BCUT2D eigenvalue weighted by Gasteiger charge is 2.18. The number of rotatable bonds is 9. The van der Waals surface area contributed by atoms with E-state index >= 15 is 0 Å². The topological polar surface area (TPSA) is 49.4 Å². The average Bonchev–Trinajstić information content (AvgIpc) is 2.24. The van der Waals surface area contributed by atoms with Crippen LogP contribution in [0.4, 0.5) is 0 Å². The molecule has 0 aromatic carbocycles. The van der Waals surface area contributed by atoms with Gasteiger partial charge in [-0.25, -0.2) is 12.7 Å². The summed E-state index contributed by atoms with van der Waals surface area (Å²) in [5.74, 6) is 0.693. The van der Waals surface area contributed by atoms with Gasteiger partial charge < -0.3 is 5.32 Å². The normalized spacial score (nSPS) is 14.3. The van der Waals surface area contributed by atoms with Crippen molar-refractivity contribution in [2.24, 2.45) is 5.92 Å². The van der Waals surface area contributed by atoms with E-state index in [0.717, 1.165) is 25.8 Å². The lowest BCUT2D eigenvalue weighted by Crippen LogP contribution is -2.33. The Labute approximate surface area is 100 Å². The van der Waals surface area contributed by atoms with Crippen LogP contribution in [0.25, 0.3) is 0 Å². The molecule has 0 spiro atoms. The molecule has 16 heavy (non-hydrogen) atoms. The quantitative estimate of drug-likeness (QED) is 0.627. The SMILES string of the molecule is CCC(C)CN(C)S(=O)(=O)CCCCNC. The average molecular weight is 250 g/mol. The van der Waals surface area contributed by atoms with Crippen LogP contribution in [-0.4, -0.2) is 45.7 Å². The third kappa shape index (κ3) is 6.45. The van der Waals surface area contributed by atoms with E-state index in [0.29, 0.717) is 12.5 Å². The van der Waals surface area contributed by atoms with E-state index in [1.165, 1.54) is 4.31 Å². The van der Waals surface area contributed by atoms with E-state index < -0.39 is 10.0 Å². The zero-order valence-electron chi connectivity index (χ0n) is 11.0. The Bertz CT molecular complexity index is 265. The van der Waals surface area contributed by atoms with E-state index in [1.54, 1.807) is 7.05 Å². The summed E-state index contributed by atoms with van der Waals surface area (Å²) < 4.78 is 25.2. The third-order valence-electron chi connectivity index (χ3n) is 2.82. The number of nitrogens with zero attached hydrogens (tertiary/aromatic N) is 1. The van der Waals surface area contributed by atoms with Gasteiger partial charge in [-0.3, -0.25) is 0 Å². The van der Waals surface area contributed by atoms with Gasteiger partial charge in [0.2, 0.25) is 10.0 Å². The predicted molar refractivity (Wildman–Crippen MR) is 69.0 cm³/mol. The van der Waals surface area contributed by atoms with Crippen LogP contribution in [-0.2, 0) is 10.0 Å². The molecule has 1 N–H and O–H groups in total. The molecule has 0 amide bonds. The van der Waals surface area contributed by atoms with Gasteiger partial charge in [0.15, 0.2) is 0 Å². The van der Waals surface area contributed by atoms with Crippen molar-refractivity contribution < 1.29 is 8.42 Å². The fraction of sp³-hybridized carbons (Fsp3) is 1.00. The lowest BCUT2D eigenvalue weighted by atomic mass is 10.1. The molecule has 0 saturated carbocycles. The van der Waals surface area contributed by atoms with Gasteiger partial charge in [0.05, 0.1) is 5.75 Å². The van der Waals surface area contributed by atoms with E-state index in [-0.39, 0.29) is 5.75 Å². The van der Waals surface area contributed by atoms with Gasteiger partial charge in [0.25, 0.3) is 0 Å². The second kappa shape index (κ2) is 8.03. The lowest BCUT2D eigenvalue weighted by molar-refractivity contribution is 0.393. The number of nitrogens with one attached hydrogen (secondary N) is 1. The Morgan fingerprint density at radius 1 is 1.31 bits per heavy atom. The largest absolute Gasteiger partial charge is 0.320 e. The molecule has 0 aliphatic rings. The van der Waals surface area contributed by atoms with Crippen LogP contribution in [0.3, 0.4) is 0 Å². The molecular formula is C11H26N2O2S. The molecule has 0 radical (unpaired) electrons. The van der Waals surface area contributed by atoms with E-state index in [9.17, 15) is 8.42 Å². The highest BCUT2D eigenvalue weighted by Crippen LogP contribution is 2.08. The van der Waals surface area contributed by atoms with Gasteiger partial charge in [-0.15, -0.1) is 0 Å². The number of unbranched alkanes of at least 4 members (excludes halogenated alkanes) is 1. The number of sulfonamides is 1. The third-order valence-corrected chi connectivity index (χ3v) is 4.72. The summed E-state index contributed by atoms with van der Waals surface area (Å²) >= 11 is 0. The zero-order valence-corrected chi connectivity index (χ0v) is 11.8. The van der Waals surface area contributed by atoms with Crippen molar-refractivity contribution in [2.75, 3.05) is 32.9 Å². The standard InChI is InChI=1S/C11H26N2O2S/c1-5-11(2)10-13(4)16(14,15)9-7-6-8-12-3/h11-12H,5-10H2,1-4H3. The van der Waals surface area contributed by atoms with Crippen LogP contribution in [0.2, 0.25) is 0 Å². The first-order chi connectivity index (χ1) is 7.44. The van der Waals surface area contributed by atoms with Gasteiger partial charge in [-0.1, -0.05) is 20.3 Å². The fourth-order valence-electron chi connectivity index (χ4n) is 1.42. The minimum absolute atomic E-state index is 0.265. The van der Waals surface area contributed by atoms with Crippen LogP contribution in [0.5, 0.6) is 0 Å². The highest BCUT2D eigenvalue weighted by atomic mass is 32.2. The molecule has 0 rings (SSSR count). The van der Waals surface area contributed by atoms with Gasteiger partial charge in [0, 0.05) is 13.6 Å². The smallest absolute Gasteiger partial charge is 0.213 e.